The Morgan fingerprint density at radius 2 is 1.94 bits per heavy atom. The molecular formula is C14H21N3S. The maximum absolute atomic E-state index is 3.45. The van der Waals surface area contributed by atoms with Crippen LogP contribution < -0.4 is 5.32 Å². The number of nitrogens with one attached hydrogen (secondary N) is 1. The minimum atomic E-state index is 1.03. The van der Waals surface area contributed by atoms with Crippen molar-refractivity contribution in [2.75, 3.05) is 39.8 Å². The smallest absolute Gasteiger partial charge is 0.0233 e. The number of fused-ring (bicyclic) bond motifs is 1. The second-order valence-corrected chi connectivity index (χ2v) is 6.35. The molecular weight excluding hydrogens is 242 g/mol. The number of piperazine rings is 1. The fourth-order valence-corrected chi connectivity index (χ4v) is 3.51. The Bertz CT molecular complexity index is 414. The summed E-state index contributed by atoms with van der Waals surface area (Å²) in [6.45, 7) is 6.84. The van der Waals surface area contributed by atoms with E-state index in [1.165, 1.54) is 35.5 Å². The zero-order valence-corrected chi connectivity index (χ0v) is 11.8. The molecule has 0 aromatic heterocycles. The van der Waals surface area contributed by atoms with Crippen molar-refractivity contribution < 1.29 is 0 Å². The molecule has 0 bridgehead atoms. The van der Waals surface area contributed by atoms with Crippen LogP contribution in [-0.2, 0) is 13.0 Å². The lowest BCUT2D eigenvalue weighted by Gasteiger charge is -2.31. The van der Waals surface area contributed by atoms with Crippen LogP contribution in [0.15, 0.2) is 23.1 Å². The Hall–Kier alpha value is -0.550. The molecule has 1 N–H and O–H groups in total. The van der Waals surface area contributed by atoms with Crippen molar-refractivity contribution in [3.05, 3.63) is 29.3 Å². The van der Waals surface area contributed by atoms with Gasteiger partial charge in [0, 0.05) is 37.6 Å². The average Bonchev–Trinajstić information content (AvgIpc) is 2.41. The van der Waals surface area contributed by atoms with E-state index in [4.69, 9.17) is 0 Å². The van der Waals surface area contributed by atoms with E-state index in [1.54, 1.807) is 0 Å². The van der Waals surface area contributed by atoms with E-state index in [2.05, 4.69) is 39.8 Å². The van der Waals surface area contributed by atoms with Crippen molar-refractivity contribution in [3.63, 3.8) is 0 Å². The van der Waals surface area contributed by atoms with Gasteiger partial charge in [-0.2, -0.15) is 0 Å². The minimum absolute atomic E-state index is 1.03. The second kappa shape index (κ2) is 5.61. The Labute approximate surface area is 114 Å². The Morgan fingerprint density at radius 3 is 2.78 bits per heavy atom. The third-order valence-corrected chi connectivity index (χ3v) is 4.85. The highest BCUT2D eigenvalue weighted by atomic mass is 32.2. The third kappa shape index (κ3) is 2.88. The average molecular weight is 263 g/mol. The molecule has 0 saturated carbocycles. The fourth-order valence-electron chi connectivity index (χ4n) is 2.54. The molecule has 18 heavy (non-hydrogen) atoms. The van der Waals surface area contributed by atoms with Gasteiger partial charge in [-0.15, -0.1) is 0 Å². The van der Waals surface area contributed by atoms with Crippen molar-refractivity contribution in [3.8, 4) is 0 Å². The van der Waals surface area contributed by atoms with E-state index in [-0.39, 0.29) is 0 Å². The first kappa shape index (κ1) is 12.5. The highest BCUT2D eigenvalue weighted by Gasteiger charge is 2.16. The zero-order valence-electron chi connectivity index (χ0n) is 11.0. The van der Waals surface area contributed by atoms with Gasteiger partial charge in [0.25, 0.3) is 0 Å². The predicted molar refractivity (Wildman–Crippen MR) is 76.8 cm³/mol. The Morgan fingerprint density at radius 1 is 1.11 bits per heavy atom. The summed E-state index contributed by atoms with van der Waals surface area (Å²) in [7, 11) is 2.20. The number of rotatable bonds is 2. The summed E-state index contributed by atoms with van der Waals surface area (Å²) >= 11 is 1.92. The van der Waals surface area contributed by atoms with Gasteiger partial charge in [-0.1, -0.05) is 6.07 Å². The van der Waals surface area contributed by atoms with E-state index < -0.39 is 0 Å². The highest BCUT2D eigenvalue weighted by molar-refractivity contribution is 7.97. The van der Waals surface area contributed by atoms with Crippen LogP contribution in [0, 0.1) is 0 Å². The quantitative estimate of drug-likeness (QED) is 0.816. The van der Waals surface area contributed by atoms with Gasteiger partial charge in [-0.3, -0.25) is 0 Å². The number of benzene rings is 1. The summed E-state index contributed by atoms with van der Waals surface area (Å²) in [5.74, 6) is 0. The Kier molecular flexibility index (Phi) is 3.89. The maximum atomic E-state index is 3.45. The van der Waals surface area contributed by atoms with Crippen LogP contribution in [0.2, 0.25) is 0 Å². The SMILES string of the molecule is CN1CCN(Sc2ccc3c(c2)CNCC3)CC1. The molecule has 3 nitrogen and oxygen atoms in total. The lowest BCUT2D eigenvalue weighted by Crippen LogP contribution is -2.41. The van der Waals surface area contributed by atoms with Crippen LogP contribution in [0.3, 0.4) is 0 Å². The maximum Gasteiger partial charge on any atom is 0.0233 e. The van der Waals surface area contributed by atoms with Gasteiger partial charge >= 0.3 is 0 Å². The highest BCUT2D eigenvalue weighted by Crippen LogP contribution is 2.27. The van der Waals surface area contributed by atoms with Crippen molar-refractivity contribution in [2.24, 2.45) is 0 Å². The van der Waals surface area contributed by atoms with E-state index >= 15 is 0 Å². The van der Waals surface area contributed by atoms with E-state index in [0.717, 1.165) is 26.2 Å². The lowest BCUT2D eigenvalue weighted by molar-refractivity contribution is 0.233. The van der Waals surface area contributed by atoms with Crippen LogP contribution in [0.1, 0.15) is 11.1 Å². The van der Waals surface area contributed by atoms with Crippen LogP contribution in [0.4, 0.5) is 0 Å². The standard InChI is InChI=1S/C14H21N3S/c1-16-6-8-17(9-7-16)18-14-3-2-12-4-5-15-11-13(12)10-14/h2-3,10,15H,4-9,11H2,1H3. The molecule has 0 spiro atoms. The molecule has 1 aromatic carbocycles. The second-order valence-electron chi connectivity index (χ2n) is 5.18. The topological polar surface area (TPSA) is 18.5 Å². The minimum Gasteiger partial charge on any atom is -0.312 e. The monoisotopic (exact) mass is 263 g/mol. The molecule has 98 valence electrons. The molecule has 4 heteroatoms. The molecule has 2 heterocycles. The first-order valence-electron chi connectivity index (χ1n) is 6.75. The van der Waals surface area contributed by atoms with Gasteiger partial charge in [0.1, 0.15) is 0 Å². The molecule has 3 rings (SSSR count). The normalized spacial score (nSPS) is 21.8. The summed E-state index contributed by atoms with van der Waals surface area (Å²) < 4.78 is 2.48. The molecule has 1 fully saturated rings. The number of nitrogens with zero attached hydrogens (tertiary/aromatic N) is 2. The van der Waals surface area contributed by atoms with Gasteiger partial charge in [-0.05, 0) is 55.2 Å². The van der Waals surface area contributed by atoms with Crippen molar-refractivity contribution in [1.82, 2.24) is 14.5 Å². The number of hydrogen-bond donors (Lipinski definition) is 1. The van der Waals surface area contributed by atoms with Crippen molar-refractivity contribution in [2.45, 2.75) is 17.9 Å². The fraction of sp³-hybridized carbons (Fsp3) is 0.571. The molecule has 1 saturated heterocycles. The predicted octanol–water partition coefficient (Wildman–Crippen LogP) is 1.59. The largest absolute Gasteiger partial charge is 0.312 e. The molecule has 0 atom stereocenters. The van der Waals surface area contributed by atoms with Gasteiger partial charge < -0.3 is 10.2 Å². The number of hydrogen-bond acceptors (Lipinski definition) is 4. The summed E-state index contributed by atoms with van der Waals surface area (Å²) in [5.41, 5.74) is 3.01. The summed E-state index contributed by atoms with van der Waals surface area (Å²) in [6.07, 6.45) is 1.18. The molecule has 1 aromatic rings. The van der Waals surface area contributed by atoms with Crippen molar-refractivity contribution in [1.29, 1.82) is 0 Å². The molecule has 0 aliphatic carbocycles. The third-order valence-electron chi connectivity index (χ3n) is 3.76. The molecule has 0 unspecified atom stereocenters. The Balaban J connectivity index is 1.66. The van der Waals surface area contributed by atoms with Gasteiger partial charge in [0.15, 0.2) is 0 Å². The molecule has 2 aliphatic rings. The zero-order chi connectivity index (χ0) is 12.4. The van der Waals surface area contributed by atoms with Crippen molar-refractivity contribution >= 4 is 11.9 Å². The van der Waals surface area contributed by atoms with E-state index in [1.807, 2.05) is 11.9 Å². The van der Waals surface area contributed by atoms with Gasteiger partial charge in [0.05, 0.1) is 0 Å². The summed E-state index contributed by atoms with van der Waals surface area (Å²) in [4.78, 5) is 3.79. The lowest BCUT2D eigenvalue weighted by atomic mass is 10.0. The molecule has 0 radical (unpaired) electrons. The molecule has 0 amide bonds. The number of likely N-dealkylation sites (N-methyl/N-ethyl adjacent to an activating group) is 1. The van der Waals surface area contributed by atoms with E-state index in [0.29, 0.717) is 0 Å². The summed E-state index contributed by atoms with van der Waals surface area (Å²) in [5, 5.41) is 3.45. The first-order chi connectivity index (χ1) is 8.81. The van der Waals surface area contributed by atoms with Gasteiger partial charge in [-0.25, -0.2) is 4.31 Å². The first-order valence-corrected chi connectivity index (χ1v) is 7.52. The van der Waals surface area contributed by atoms with E-state index in [9.17, 15) is 0 Å². The molecule has 2 aliphatic heterocycles. The van der Waals surface area contributed by atoms with Crippen LogP contribution >= 0.6 is 11.9 Å². The summed E-state index contributed by atoms with van der Waals surface area (Å²) in [6, 6.07) is 6.96. The van der Waals surface area contributed by atoms with Crippen LogP contribution in [0.25, 0.3) is 0 Å². The van der Waals surface area contributed by atoms with Gasteiger partial charge in [0.2, 0.25) is 0 Å². The van der Waals surface area contributed by atoms with Crippen LogP contribution in [0.5, 0.6) is 0 Å². The van der Waals surface area contributed by atoms with Crippen LogP contribution in [-0.4, -0.2) is 49.0 Å².